The summed E-state index contributed by atoms with van der Waals surface area (Å²) in [6.45, 7) is 6.08. The van der Waals surface area contributed by atoms with E-state index < -0.39 is 18.6 Å². The molecule has 0 saturated carbocycles. The van der Waals surface area contributed by atoms with Gasteiger partial charge in [-0.1, -0.05) is 38.1 Å². The van der Waals surface area contributed by atoms with Gasteiger partial charge in [-0.15, -0.1) is 0 Å². The van der Waals surface area contributed by atoms with E-state index in [-0.39, 0.29) is 31.2 Å². The van der Waals surface area contributed by atoms with Crippen LogP contribution < -0.4 is 10.3 Å². The van der Waals surface area contributed by atoms with Gasteiger partial charge in [0.05, 0.1) is 24.1 Å². The maximum atomic E-state index is 12.7. The van der Waals surface area contributed by atoms with Gasteiger partial charge in [0, 0.05) is 6.54 Å². The monoisotopic (exact) mass is 467 g/mol. The lowest BCUT2D eigenvalue weighted by atomic mass is 10.2. The molecule has 34 heavy (non-hydrogen) atoms. The molecule has 0 aliphatic heterocycles. The van der Waals surface area contributed by atoms with E-state index in [0.29, 0.717) is 29.0 Å². The number of carbonyl (C=O) groups is 2. The van der Waals surface area contributed by atoms with Crippen molar-refractivity contribution >= 4 is 23.0 Å². The quantitative estimate of drug-likeness (QED) is 0.486. The minimum Gasteiger partial charge on any atom is -0.492 e. The van der Waals surface area contributed by atoms with Gasteiger partial charge in [0.15, 0.2) is 0 Å². The number of carbonyl (C=O) groups excluding carboxylic acids is 1. The average molecular weight is 468 g/mol. The number of nitrogens with zero attached hydrogens (tertiary/aromatic N) is 3. The molecular weight excluding hydrogens is 438 g/mol. The molecule has 0 atom stereocenters. The molecule has 0 aliphatic carbocycles. The van der Waals surface area contributed by atoms with Crippen molar-refractivity contribution in [2.45, 2.75) is 33.9 Å². The molecule has 0 fully saturated rings. The summed E-state index contributed by atoms with van der Waals surface area (Å²) in [6, 6.07) is 14.2. The van der Waals surface area contributed by atoms with Gasteiger partial charge in [-0.3, -0.25) is 19.1 Å². The summed E-state index contributed by atoms with van der Waals surface area (Å²) in [5.41, 5.74) is 1.30. The lowest BCUT2D eigenvalue weighted by Crippen LogP contribution is -2.36. The fourth-order valence-electron chi connectivity index (χ4n) is 3.39. The third-order valence-corrected chi connectivity index (χ3v) is 5.06. The van der Waals surface area contributed by atoms with Crippen LogP contribution in [0.15, 0.2) is 53.3 Å². The summed E-state index contributed by atoms with van der Waals surface area (Å²) in [6.07, 6.45) is -0.666. The number of para-hydroxylation sites is 1. The van der Waals surface area contributed by atoms with Crippen LogP contribution in [0.3, 0.4) is 0 Å². The summed E-state index contributed by atoms with van der Waals surface area (Å²) in [7, 11) is 0. The molecule has 9 heteroatoms. The van der Waals surface area contributed by atoms with Crippen LogP contribution in [0.1, 0.15) is 25.2 Å². The SMILES string of the molecule is Cc1nc2ccccc2c(=O)n1CCOc1ccc(CN(CC(=O)O)C(=O)OCC(C)C)cc1. The number of carboxylic acid groups (broad SMARTS) is 1. The number of amides is 1. The van der Waals surface area contributed by atoms with E-state index in [1.165, 1.54) is 0 Å². The molecule has 3 rings (SSSR count). The van der Waals surface area contributed by atoms with E-state index >= 15 is 0 Å². The van der Waals surface area contributed by atoms with Crippen molar-refractivity contribution in [3.8, 4) is 5.75 Å². The number of ether oxygens (including phenoxy) is 2. The highest BCUT2D eigenvalue weighted by atomic mass is 16.6. The standard InChI is InChI=1S/C25H29N3O6/c1-17(2)16-34-25(32)27(15-23(29)30)14-19-8-10-20(11-9-19)33-13-12-28-18(3)26-22-7-5-4-6-21(22)24(28)31/h4-11,17H,12-16H2,1-3H3,(H,29,30). The molecule has 0 spiro atoms. The number of fused-ring (bicyclic) bond motifs is 1. The maximum Gasteiger partial charge on any atom is 0.410 e. The molecule has 0 bridgehead atoms. The third-order valence-electron chi connectivity index (χ3n) is 5.06. The van der Waals surface area contributed by atoms with Crippen molar-refractivity contribution in [3.05, 3.63) is 70.3 Å². The van der Waals surface area contributed by atoms with Crippen molar-refractivity contribution < 1.29 is 24.2 Å². The number of aromatic nitrogens is 2. The van der Waals surface area contributed by atoms with Gasteiger partial charge >= 0.3 is 12.1 Å². The fourth-order valence-corrected chi connectivity index (χ4v) is 3.39. The Kier molecular flexibility index (Phi) is 8.24. The summed E-state index contributed by atoms with van der Waals surface area (Å²) < 4.78 is 12.5. The van der Waals surface area contributed by atoms with Gasteiger partial charge in [0.1, 0.15) is 24.7 Å². The first kappa shape index (κ1) is 24.8. The van der Waals surface area contributed by atoms with E-state index in [4.69, 9.17) is 14.6 Å². The van der Waals surface area contributed by atoms with E-state index in [9.17, 15) is 14.4 Å². The minimum atomic E-state index is -1.12. The van der Waals surface area contributed by atoms with E-state index in [1.54, 1.807) is 41.8 Å². The molecule has 2 aromatic carbocycles. The summed E-state index contributed by atoms with van der Waals surface area (Å²) in [5, 5.41) is 9.69. The third kappa shape index (κ3) is 6.57. The first-order valence-electron chi connectivity index (χ1n) is 11.1. The molecular formula is C25H29N3O6. The number of hydrogen-bond donors (Lipinski definition) is 1. The van der Waals surface area contributed by atoms with Gasteiger partial charge in [0.2, 0.25) is 0 Å². The predicted octanol–water partition coefficient (Wildman–Crippen LogP) is 3.46. The van der Waals surface area contributed by atoms with Crippen molar-refractivity contribution in [2.75, 3.05) is 19.8 Å². The zero-order valence-corrected chi connectivity index (χ0v) is 19.6. The van der Waals surface area contributed by atoms with E-state index in [0.717, 1.165) is 10.5 Å². The second-order valence-electron chi connectivity index (χ2n) is 8.35. The Morgan fingerprint density at radius 3 is 2.50 bits per heavy atom. The zero-order chi connectivity index (χ0) is 24.7. The number of aliphatic carboxylic acids is 1. The van der Waals surface area contributed by atoms with Crippen LogP contribution in [0, 0.1) is 12.8 Å². The summed E-state index contributed by atoms with van der Waals surface area (Å²) in [4.78, 5) is 41.8. The summed E-state index contributed by atoms with van der Waals surface area (Å²) >= 11 is 0. The van der Waals surface area contributed by atoms with Crippen molar-refractivity contribution in [1.29, 1.82) is 0 Å². The van der Waals surface area contributed by atoms with Crippen LogP contribution in [0.4, 0.5) is 4.79 Å². The fraction of sp³-hybridized carbons (Fsp3) is 0.360. The first-order chi connectivity index (χ1) is 16.2. The molecule has 0 unspecified atom stereocenters. The van der Waals surface area contributed by atoms with Gasteiger partial charge in [-0.05, 0) is 42.7 Å². The Bertz CT molecular complexity index is 1200. The molecule has 3 aromatic rings. The molecule has 0 aliphatic rings. The Labute approximate surface area is 197 Å². The molecule has 1 heterocycles. The second kappa shape index (κ2) is 11.3. The number of rotatable bonds is 10. The lowest BCUT2D eigenvalue weighted by Gasteiger charge is -2.21. The van der Waals surface area contributed by atoms with E-state index in [1.807, 2.05) is 32.0 Å². The Morgan fingerprint density at radius 2 is 1.82 bits per heavy atom. The molecule has 0 saturated heterocycles. The van der Waals surface area contributed by atoms with Crippen LogP contribution >= 0.6 is 0 Å². The van der Waals surface area contributed by atoms with Crippen LogP contribution in [0.2, 0.25) is 0 Å². The average Bonchev–Trinajstić information content (AvgIpc) is 2.80. The van der Waals surface area contributed by atoms with Crippen LogP contribution in [-0.2, 0) is 22.6 Å². The smallest absolute Gasteiger partial charge is 0.410 e. The molecule has 0 radical (unpaired) electrons. The van der Waals surface area contributed by atoms with Crippen molar-refractivity contribution in [2.24, 2.45) is 5.92 Å². The lowest BCUT2D eigenvalue weighted by molar-refractivity contribution is -0.138. The minimum absolute atomic E-state index is 0.0981. The number of benzene rings is 2. The maximum absolute atomic E-state index is 12.7. The van der Waals surface area contributed by atoms with Crippen LogP contribution in [0.25, 0.3) is 10.9 Å². The molecule has 180 valence electrons. The molecule has 1 aromatic heterocycles. The topological polar surface area (TPSA) is 111 Å². The van der Waals surface area contributed by atoms with E-state index in [2.05, 4.69) is 4.98 Å². The van der Waals surface area contributed by atoms with Crippen molar-refractivity contribution in [1.82, 2.24) is 14.5 Å². The number of aryl methyl sites for hydroxylation is 1. The molecule has 9 nitrogen and oxygen atoms in total. The predicted molar refractivity (Wildman–Crippen MR) is 127 cm³/mol. The van der Waals surface area contributed by atoms with Crippen LogP contribution in [0.5, 0.6) is 5.75 Å². The number of hydrogen-bond acceptors (Lipinski definition) is 6. The molecule has 1 amide bonds. The van der Waals surface area contributed by atoms with Gasteiger partial charge in [-0.25, -0.2) is 9.78 Å². The Morgan fingerprint density at radius 1 is 1.12 bits per heavy atom. The summed E-state index contributed by atoms with van der Waals surface area (Å²) in [5.74, 6) is 0.244. The highest BCUT2D eigenvalue weighted by Crippen LogP contribution is 2.15. The Balaban J connectivity index is 1.60. The normalized spacial score (nSPS) is 10.9. The highest BCUT2D eigenvalue weighted by Gasteiger charge is 2.19. The number of carboxylic acids is 1. The van der Waals surface area contributed by atoms with Crippen molar-refractivity contribution in [3.63, 3.8) is 0 Å². The Hall–Kier alpha value is -3.88. The van der Waals surface area contributed by atoms with Crippen LogP contribution in [-0.4, -0.2) is 51.4 Å². The van der Waals surface area contributed by atoms with Gasteiger partial charge < -0.3 is 14.6 Å². The molecule has 1 N–H and O–H groups in total. The second-order valence-corrected chi connectivity index (χ2v) is 8.35. The van der Waals surface area contributed by atoms with Gasteiger partial charge in [0.25, 0.3) is 5.56 Å². The highest BCUT2D eigenvalue weighted by molar-refractivity contribution is 5.77. The van der Waals surface area contributed by atoms with Gasteiger partial charge in [-0.2, -0.15) is 0 Å². The zero-order valence-electron chi connectivity index (χ0n) is 19.6. The largest absolute Gasteiger partial charge is 0.492 e. The first-order valence-corrected chi connectivity index (χ1v) is 11.1.